The lowest BCUT2D eigenvalue weighted by Crippen LogP contribution is -2.14. The van der Waals surface area contributed by atoms with Crippen molar-refractivity contribution in [3.8, 4) is 17.1 Å². The maximum Gasteiger partial charge on any atom is 0.261 e. The second-order valence-electron chi connectivity index (χ2n) is 5.12. The zero-order chi connectivity index (χ0) is 14.1. The molecule has 106 valence electrons. The van der Waals surface area contributed by atoms with Crippen LogP contribution < -0.4 is 5.32 Å². The number of hydrogen-bond acceptors (Lipinski definition) is 5. The van der Waals surface area contributed by atoms with Crippen LogP contribution in [0.15, 0.2) is 47.2 Å². The van der Waals surface area contributed by atoms with Gasteiger partial charge in [0.15, 0.2) is 5.82 Å². The van der Waals surface area contributed by atoms with Gasteiger partial charge >= 0.3 is 0 Å². The third-order valence-corrected chi connectivity index (χ3v) is 3.66. The minimum absolute atomic E-state index is 0.215. The SMILES string of the molecule is c1ccc(-n2cc(-c3nc(C4CCCN4)no3)cn2)cc1. The van der Waals surface area contributed by atoms with E-state index in [9.17, 15) is 0 Å². The lowest BCUT2D eigenvalue weighted by Gasteiger charge is -2.01. The maximum atomic E-state index is 5.36. The smallest absolute Gasteiger partial charge is 0.261 e. The van der Waals surface area contributed by atoms with Crippen LogP contribution in [-0.2, 0) is 0 Å². The summed E-state index contributed by atoms with van der Waals surface area (Å²) in [7, 11) is 0. The topological polar surface area (TPSA) is 68.8 Å². The summed E-state index contributed by atoms with van der Waals surface area (Å²) < 4.78 is 7.16. The Balaban J connectivity index is 1.61. The summed E-state index contributed by atoms with van der Waals surface area (Å²) in [6.07, 6.45) is 5.85. The molecule has 3 aromatic rings. The van der Waals surface area contributed by atoms with Gasteiger partial charge in [0, 0.05) is 6.20 Å². The van der Waals surface area contributed by atoms with Crippen molar-refractivity contribution in [3.05, 3.63) is 48.5 Å². The Morgan fingerprint density at radius 1 is 1.24 bits per heavy atom. The molecule has 21 heavy (non-hydrogen) atoms. The predicted octanol–water partition coefficient (Wildman–Crippen LogP) is 2.35. The van der Waals surface area contributed by atoms with E-state index in [1.807, 2.05) is 36.5 Å². The molecule has 1 unspecified atom stereocenters. The molecule has 1 aliphatic rings. The van der Waals surface area contributed by atoms with E-state index in [2.05, 4.69) is 20.6 Å². The number of benzene rings is 1. The second kappa shape index (κ2) is 5.14. The summed E-state index contributed by atoms with van der Waals surface area (Å²) in [6, 6.07) is 10.1. The number of rotatable bonds is 3. The van der Waals surface area contributed by atoms with Crippen molar-refractivity contribution < 1.29 is 4.52 Å². The summed E-state index contributed by atoms with van der Waals surface area (Å²) in [5.41, 5.74) is 1.83. The molecule has 0 amide bonds. The van der Waals surface area contributed by atoms with Crippen LogP contribution in [0.4, 0.5) is 0 Å². The fraction of sp³-hybridized carbons (Fsp3) is 0.267. The molecule has 1 saturated heterocycles. The molecule has 0 radical (unpaired) electrons. The fourth-order valence-corrected chi connectivity index (χ4v) is 2.55. The fourth-order valence-electron chi connectivity index (χ4n) is 2.55. The van der Waals surface area contributed by atoms with Crippen LogP contribution in [0.1, 0.15) is 24.7 Å². The van der Waals surface area contributed by atoms with E-state index in [1.54, 1.807) is 10.9 Å². The van der Waals surface area contributed by atoms with Gasteiger partial charge in [-0.15, -0.1) is 0 Å². The van der Waals surface area contributed by atoms with Gasteiger partial charge in [-0.2, -0.15) is 10.1 Å². The molecule has 0 spiro atoms. The molecule has 1 aliphatic heterocycles. The van der Waals surface area contributed by atoms with E-state index >= 15 is 0 Å². The van der Waals surface area contributed by atoms with Crippen LogP contribution in [-0.4, -0.2) is 26.5 Å². The minimum Gasteiger partial charge on any atom is -0.334 e. The minimum atomic E-state index is 0.215. The molecule has 2 aromatic heterocycles. The first-order valence-electron chi connectivity index (χ1n) is 7.07. The lowest BCUT2D eigenvalue weighted by atomic mass is 10.2. The quantitative estimate of drug-likeness (QED) is 0.798. The van der Waals surface area contributed by atoms with E-state index in [1.165, 1.54) is 0 Å². The normalized spacial score (nSPS) is 18.2. The molecule has 0 aliphatic carbocycles. The molecule has 1 aromatic carbocycles. The van der Waals surface area contributed by atoms with Gasteiger partial charge in [0.2, 0.25) is 0 Å². The highest BCUT2D eigenvalue weighted by Gasteiger charge is 2.22. The zero-order valence-electron chi connectivity index (χ0n) is 11.4. The van der Waals surface area contributed by atoms with Crippen molar-refractivity contribution in [3.63, 3.8) is 0 Å². The van der Waals surface area contributed by atoms with Crippen LogP contribution in [0.25, 0.3) is 17.1 Å². The first kappa shape index (κ1) is 12.3. The summed E-state index contributed by atoms with van der Waals surface area (Å²) in [6.45, 7) is 1.01. The molecule has 4 rings (SSSR count). The molecule has 6 heteroatoms. The highest BCUT2D eigenvalue weighted by molar-refractivity contribution is 5.51. The Hall–Kier alpha value is -2.47. The Bertz CT molecular complexity index is 727. The summed E-state index contributed by atoms with van der Waals surface area (Å²) in [5, 5.41) is 11.8. The highest BCUT2D eigenvalue weighted by Crippen LogP contribution is 2.24. The van der Waals surface area contributed by atoms with Gasteiger partial charge in [-0.25, -0.2) is 4.68 Å². The third kappa shape index (κ3) is 2.34. The Labute approximate surface area is 121 Å². The molecule has 1 fully saturated rings. The highest BCUT2D eigenvalue weighted by atomic mass is 16.5. The van der Waals surface area contributed by atoms with Gasteiger partial charge in [-0.1, -0.05) is 23.4 Å². The van der Waals surface area contributed by atoms with Gasteiger partial charge in [-0.3, -0.25) is 0 Å². The van der Waals surface area contributed by atoms with Crippen LogP contribution in [0, 0.1) is 0 Å². The van der Waals surface area contributed by atoms with Gasteiger partial charge in [0.05, 0.1) is 23.5 Å². The number of nitrogens with one attached hydrogen (secondary N) is 1. The van der Waals surface area contributed by atoms with Crippen molar-refractivity contribution >= 4 is 0 Å². The largest absolute Gasteiger partial charge is 0.334 e. The van der Waals surface area contributed by atoms with E-state index in [4.69, 9.17) is 4.52 Å². The van der Waals surface area contributed by atoms with Crippen molar-refractivity contribution in [1.82, 2.24) is 25.2 Å². The predicted molar refractivity (Wildman–Crippen MR) is 76.8 cm³/mol. The number of hydrogen-bond donors (Lipinski definition) is 1. The molecular formula is C15H15N5O. The molecule has 1 atom stereocenters. The van der Waals surface area contributed by atoms with Crippen LogP contribution in [0.3, 0.4) is 0 Å². The third-order valence-electron chi connectivity index (χ3n) is 3.66. The van der Waals surface area contributed by atoms with Gasteiger partial charge in [-0.05, 0) is 31.5 Å². The Morgan fingerprint density at radius 2 is 2.14 bits per heavy atom. The number of aromatic nitrogens is 4. The standard InChI is InChI=1S/C15H15N5O/c1-2-5-12(6-3-1)20-10-11(9-17-20)15-18-14(19-21-15)13-7-4-8-16-13/h1-3,5-6,9-10,13,16H,4,7-8H2. The average Bonchev–Trinajstić information content (AvgIpc) is 3.27. The van der Waals surface area contributed by atoms with Crippen molar-refractivity contribution in [2.45, 2.75) is 18.9 Å². The molecule has 3 heterocycles. The van der Waals surface area contributed by atoms with Gasteiger partial charge < -0.3 is 9.84 Å². The molecule has 0 saturated carbocycles. The molecular weight excluding hydrogens is 266 g/mol. The zero-order valence-corrected chi connectivity index (χ0v) is 11.4. The molecule has 1 N–H and O–H groups in total. The lowest BCUT2D eigenvalue weighted by molar-refractivity contribution is 0.412. The molecule has 0 bridgehead atoms. The monoisotopic (exact) mass is 281 g/mol. The Morgan fingerprint density at radius 3 is 2.95 bits per heavy atom. The van der Waals surface area contributed by atoms with Crippen molar-refractivity contribution in [2.75, 3.05) is 6.54 Å². The Kier molecular flexibility index (Phi) is 3.01. The van der Waals surface area contributed by atoms with Gasteiger partial charge in [0.1, 0.15) is 0 Å². The van der Waals surface area contributed by atoms with Crippen LogP contribution in [0.2, 0.25) is 0 Å². The number of nitrogens with zero attached hydrogens (tertiary/aromatic N) is 4. The maximum absolute atomic E-state index is 5.36. The van der Waals surface area contributed by atoms with Gasteiger partial charge in [0.25, 0.3) is 5.89 Å². The molecule has 6 nitrogen and oxygen atoms in total. The second-order valence-corrected chi connectivity index (χ2v) is 5.12. The van der Waals surface area contributed by atoms with Crippen LogP contribution >= 0.6 is 0 Å². The van der Waals surface area contributed by atoms with Crippen LogP contribution in [0.5, 0.6) is 0 Å². The van der Waals surface area contributed by atoms with E-state index in [0.717, 1.165) is 36.5 Å². The first-order valence-corrected chi connectivity index (χ1v) is 7.07. The van der Waals surface area contributed by atoms with E-state index in [0.29, 0.717) is 5.89 Å². The number of para-hydroxylation sites is 1. The summed E-state index contributed by atoms with van der Waals surface area (Å²) >= 11 is 0. The van der Waals surface area contributed by atoms with Crippen molar-refractivity contribution in [2.24, 2.45) is 0 Å². The van der Waals surface area contributed by atoms with E-state index < -0.39 is 0 Å². The summed E-state index contributed by atoms with van der Waals surface area (Å²) in [4.78, 5) is 4.48. The van der Waals surface area contributed by atoms with E-state index in [-0.39, 0.29) is 6.04 Å². The van der Waals surface area contributed by atoms with Crippen molar-refractivity contribution in [1.29, 1.82) is 0 Å². The first-order chi connectivity index (χ1) is 10.4. The summed E-state index contributed by atoms with van der Waals surface area (Å²) in [5.74, 6) is 1.25. The average molecular weight is 281 g/mol.